The van der Waals surface area contributed by atoms with E-state index in [1.165, 1.54) is 25.3 Å². The van der Waals surface area contributed by atoms with E-state index in [2.05, 4.69) is 12.7 Å². The molecule has 5 heteroatoms. The van der Waals surface area contributed by atoms with Gasteiger partial charge in [-0.3, -0.25) is 0 Å². The minimum absolute atomic E-state index is 0.641. The molecule has 0 aromatic heterocycles. The number of hydrogen-bond acceptors (Lipinski definition) is 3. The van der Waals surface area contributed by atoms with Gasteiger partial charge in [0, 0.05) is 5.41 Å². The van der Waals surface area contributed by atoms with Gasteiger partial charge in [0.05, 0.1) is 6.54 Å². The fourth-order valence-electron chi connectivity index (χ4n) is 1.15. The van der Waals surface area contributed by atoms with Crippen LogP contribution in [-0.2, 0) is 10.1 Å². The highest BCUT2D eigenvalue weighted by Gasteiger charge is 1.85. The minimum Gasteiger partial charge on any atom is -0.744 e. The number of rotatable bonds is 5. The molecule has 0 radical (unpaired) electrons. The molecule has 3 N–H and O–H groups in total. The van der Waals surface area contributed by atoms with Crippen LogP contribution in [0.3, 0.4) is 0 Å². The molecular formula is C13H21NO3S. The maximum Gasteiger partial charge on any atom is 0.117 e. The second-order valence-corrected chi connectivity index (χ2v) is 5.02. The van der Waals surface area contributed by atoms with E-state index in [0.717, 1.165) is 6.54 Å². The topological polar surface area (TPSA) is 84.8 Å². The van der Waals surface area contributed by atoms with E-state index in [-0.39, 0.29) is 0 Å². The first-order valence-electron chi connectivity index (χ1n) is 5.98. The molecule has 0 amide bonds. The number of benzene rings is 1. The van der Waals surface area contributed by atoms with E-state index in [1.807, 2.05) is 6.07 Å². The third kappa shape index (κ3) is 11.3. The third-order valence-electron chi connectivity index (χ3n) is 2.08. The molecule has 0 saturated heterocycles. The van der Waals surface area contributed by atoms with Crippen molar-refractivity contribution < 1.29 is 18.7 Å². The molecule has 0 atom stereocenters. The Morgan fingerprint density at radius 2 is 1.83 bits per heavy atom. The maximum absolute atomic E-state index is 10.2. The van der Waals surface area contributed by atoms with Gasteiger partial charge >= 0.3 is 0 Å². The van der Waals surface area contributed by atoms with Crippen LogP contribution in [0.4, 0.5) is 0 Å². The van der Waals surface area contributed by atoms with Gasteiger partial charge in [0.2, 0.25) is 0 Å². The van der Waals surface area contributed by atoms with Crippen molar-refractivity contribution in [2.45, 2.75) is 26.2 Å². The molecule has 0 aliphatic rings. The quantitative estimate of drug-likeness (QED) is 0.652. The van der Waals surface area contributed by atoms with Crippen molar-refractivity contribution in [3.05, 3.63) is 41.3 Å². The van der Waals surface area contributed by atoms with E-state index >= 15 is 0 Å². The van der Waals surface area contributed by atoms with Gasteiger partial charge in [0.1, 0.15) is 10.1 Å². The average molecular weight is 271 g/mol. The lowest BCUT2D eigenvalue weighted by molar-refractivity contribution is -0.368. The molecule has 0 unspecified atom stereocenters. The van der Waals surface area contributed by atoms with Gasteiger partial charge in [-0.1, -0.05) is 43.7 Å². The summed E-state index contributed by atoms with van der Waals surface area (Å²) in [6.45, 7) is 3.31. The Morgan fingerprint density at radius 1 is 1.22 bits per heavy atom. The Kier molecular flexibility index (Phi) is 9.18. The van der Waals surface area contributed by atoms with Crippen LogP contribution >= 0.6 is 0 Å². The van der Waals surface area contributed by atoms with Crippen LogP contribution in [0.2, 0.25) is 0 Å². The van der Waals surface area contributed by atoms with E-state index in [1.54, 1.807) is 24.3 Å². The maximum atomic E-state index is 10.2. The molecule has 0 saturated carbocycles. The van der Waals surface area contributed by atoms with Gasteiger partial charge in [-0.25, -0.2) is 8.42 Å². The van der Waals surface area contributed by atoms with Gasteiger partial charge in [0.25, 0.3) is 0 Å². The highest BCUT2D eigenvalue weighted by Crippen LogP contribution is 2.01. The zero-order valence-electron chi connectivity index (χ0n) is 10.7. The number of quaternary nitrogens is 1. The Bertz CT molecular complexity index is 423. The predicted octanol–water partition coefficient (Wildman–Crippen LogP) is 1.62. The van der Waals surface area contributed by atoms with E-state index in [4.69, 9.17) is 0 Å². The summed E-state index contributed by atoms with van der Waals surface area (Å²) in [7, 11) is -4.25. The Balaban J connectivity index is 0.000000411. The molecule has 1 aromatic rings. The van der Waals surface area contributed by atoms with Gasteiger partial charge < -0.3 is 10.3 Å². The summed E-state index contributed by atoms with van der Waals surface area (Å²) in [4.78, 5) is 0. The molecule has 0 heterocycles. The van der Waals surface area contributed by atoms with Crippen LogP contribution in [-0.4, -0.2) is 19.5 Å². The largest absolute Gasteiger partial charge is 0.744 e. The lowest BCUT2D eigenvalue weighted by Crippen LogP contribution is -2.49. The van der Waals surface area contributed by atoms with Crippen molar-refractivity contribution in [1.29, 1.82) is 0 Å². The lowest BCUT2D eigenvalue weighted by Gasteiger charge is -1.97. The van der Waals surface area contributed by atoms with E-state index in [9.17, 15) is 13.0 Å². The third-order valence-corrected chi connectivity index (χ3v) is 2.55. The van der Waals surface area contributed by atoms with Crippen LogP contribution in [0.15, 0.2) is 35.7 Å². The molecule has 1 aromatic carbocycles. The first kappa shape index (κ1) is 16.8. The Labute approximate surface area is 109 Å². The second-order valence-electron chi connectivity index (χ2n) is 3.77. The molecule has 102 valence electrons. The van der Waals surface area contributed by atoms with Crippen molar-refractivity contribution in [2.24, 2.45) is 0 Å². The summed E-state index contributed by atoms with van der Waals surface area (Å²) in [6, 6.07) is 8.75. The number of unbranched alkanes of at least 4 members (excludes halogenated alkanes) is 2. The molecule has 1 rings (SSSR count). The van der Waals surface area contributed by atoms with Gasteiger partial charge in [-0.15, -0.1) is 0 Å². The molecule has 0 aliphatic carbocycles. The fourth-order valence-corrected chi connectivity index (χ4v) is 1.48. The summed E-state index contributed by atoms with van der Waals surface area (Å²) < 4.78 is 30.5. The summed E-state index contributed by atoms with van der Waals surface area (Å²) in [5.41, 5.74) is 4.41. The van der Waals surface area contributed by atoms with E-state index < -0.39 is 10.1 Å². The molecule has 0 bridgehead atoms. The first-order valence-corrected chi connectivity index (χ1v) is 7.45. The minimum atomic E-state index is -4.25. The predicted molar refractivity (Wildman–Crippen MR) is 72.5 cm³/mol. The van der Waals surface area contributed by atoms with Crippen molar-refractivity contribution in [1.82, 2.24) is 0 Å². The lowest BCUT2D eigenvalue weighted by atomic mass is 10.2. The van der Waals surface area contributed by atoms with Crippen LogP contribution in [0, 0.1) is 0 Å². The summed E-state index contributed by atoms with van der Waals surface area (Å²) in [6.07, 6.45) is 5.23. The zero-order valence-corrected chi connectivity index (χ0v) is 11.5. The van der Waals surface area contributed by atoms with Crippen LogP contribution < -0.4 is 5.73 Å². The normalized spacial score (nSPS) is 11.1. The van der Waals surface area contributed by atoms with E-state index in [0.29, 0.717) is 11.0 Å². The second kappa shape index (κ2) is 9.82. The first-order chi connectivity index (χ1) is 8.49. The zero-order chi connectivity index (χ0) is 13.9. The van der Waals surface area contributed by atoms with Crippen molar-refractivity contribution >= 4 is 16.2 Å². The van der Waals surface area contributed by atoms with Gasteiger partial charge in [-0.05, 0) is 24.5 Å². The summed E-state index contributed by atoms with van der Waals surface area (Å²) in [5.74, 6) is 0. The van der Waals surface area contributed by atoms with Crippen molar-refractivity contribution in [2.75, 3.05) is 6.54 Å². The number of hydrogen-bond donors (Lipinski definition) is 1. The highest BCUT2D eigenvalue weighted by atomic mass is 32.2. The fraction of sp³-hybridized carbons (Fsp3) is 0.385. The molecule has 4 nitrogen and oxygen atoms in total. The smallest absolute Gasteiger partial charge is 0.117 e. The molecule has 18 heavy (non-hydrogen) atoms. The summed E-state index contributed by atoms with van der Waals surface area (Å²) in [5, 5.41) is 0.641. The Hall–Kier alpha value is -1.17. The van der Waals surface area contributed by atoms with Crippen LogP contribution in [0.5, 0.6) is 0 Å². The van der Waals surface area contributed by atoms with Gasteiger partial charge in [-0.2, -0.15) is 0 Å². The van der Waals surface area contributed by atoms with Crippen LogP contribution in [0.25, 0.3) is 6.08 Å². The monoisotopic (exact) mass is 271 g/mol. The molecule has 0 fully saturated rings. The standard InChI is InChI=1S/C8H8O3S.C5H13N/c9-12(10,11)7-6-8-4-2-1-3-5-8;1-2-3-4-5-6/h1-7H,(H,9,10,11);2-6H2,1H3. The SMILES string of the molecule is CCCCC[NH3+].O=S(=O)([O-])C=Cc1ccccc1. The summed E-state index contributed by atoms with van der Waals surface area (Å²) >= 11 is 0. The highest BCUT2D eigenvalue weighted by molar-refractivity contribution is 7.88. The van der Waals surface area contributed by atoms with Crippen molar-refractivity contribution in [3.63, 3.8) is 0 Å². The van der Waals surface area contributed by atoms with Gasteiger partial charge in [0.15, 0.2) is 0 Å². The molecular weight excluding hydrogens is 250 g/mol. The molecule has 0 aliphatic heterocycles. The average Bonchev–Trinajstić information content (AvgIpc) is 2.35. The van der Waals surface area contributed by atoms with Crippen LogP contribution in [0.1, 0.15) is 31.7 Å². The molecule has 0 spiro atoms. The van der Waals surface area contributed by atoms with Crippen molar-refractivity contribution in [3.8, 4) is 0 Å². The Morgan fingerprint density at radius 3 is 2.22 bits per heavy atom.